The van der Waals surface area contributed by atoms with Crippen LogP contribution in [0.5, 0.6) is 0 Å². The number of amides is 1. The summed E-state index contributed by atoms with van der Waals surface area (Å²) in [6.07, 6.45) is 2.48. The molecule has 1 aromatic heterocycles. The molecular weight excluding hydrogens is 403 g/mol. The first-order valence-corrected chi connectivity index (χ1v) is 10.0. The minimum Gasteiger partial charge on any atom is -0.320 e. The maximum absolute atomic E-state index is 13.3. The molecule has 1 amide bonds. The van der Waals surface area contributed by atoms with Crippen molar-refractivity contribution in [2.75, 3.05) is 0 Å². The van der Waals surface area contributed by atoms with Gasteiger partial charge in [0, 0.05) is 21.6 Å². The molecule has 0 radical (unpaired) electrons. The van der Waals surface area contributed by atoms with Gasteiger partial charge in [-0.3, -0.25) is 4.79 Å². The zero-order chi connectivity index (χ0) is 18.4. The van der Waals surface area contributed by atoms with Crippen LogP contribution in [-0.2, 0) is 12.0 Å². The lowest BCUT2D eigenvalue weighted by molar-refractivity contribution is 0.0997. The molecule has 1 heterocycles. The number of hydrogen-bond donors (Lipinski definition) is 0. The Morgan fingerprint density at radius 2 is 2.08 bits per heavy atom. The van der Waals surface area contributed by atoms with Gasteiger partial charge in [-0.15, -0.1) is 11.3 Å². The van der Waals surface area contributed by atoms with Crippen molar-refractivity contribution in [2.45, 2.75) is 52.5 Å². The maximum atomic E-state index is 13.3. The van der Waals surface area contributed by atoms with E-state index in [0.717, 1.165) is 11.3 Å². The summed E-state index contributed by atoms with van der Waals surface area (Å²) in [4.78, 5) is 19.0. The summed E-state index contributed by atoms with van der Waals surface area (Å²) < 4.78 is 15.9. The highest BCUT2D eigenvalue weighted by atomic mass is 79.9. The van der Waals surface area contributed by atoms with Crippen molar-refractivity contribution in [3.63, 3.8) is 0 Å². The first-order chi connectivity index (χ1) is 11.7. The molecule has 0 atom stereocenters. The third kappa shape index (κ3) is 4.11. The van der Waals surface area contributed by atoms with Gasteiger partial charge in [0.1, 0.15) is 5.82 Å². The number of aromatic nitrogens is 1. The Morgan fingerprint density at radius 1 is 1.40 bits per heavy atom. The fourth-order valence-electron chi connectivity index (χ4n) is 2.85. The van der Waals surface area contributed by atoms with Crippen LogP contribution in [0.1, 0.15) is 54.5 Å². The average molecular weight is 425 g/mol. The second-order valence-corrected chi connectivity index (χ2v) is 9.48. The monoisotopic (exact) mass is 424 g/mol. The zero-order valence-electron chi connectivity index (χ0n) is 14.9. The van der Waals surface area contributed by atoms with Crippen LogP contribution in [0.4, 0.5) is 4.39 Å². The lowest BCUT2D eigenvalue weighted by Gasteiger charge is -2.17. The fraction of sp³-hybridized carbons (Fsp3) is 0.474. The lowest BCUT2D eigenvalue weighted by Crippen LogP contribution is -2.20. The van der Waals surface area contributed by atoms with Gasteiger partial charge in [-0.05, 0) is 65.2 Å². The molecule has 25 heavy (non-hydrogen) atoms. The van der Waals surface area contributed by atoms with Crippen LogP contribution in [0, 0.1) is 18.7 Å². The molecular formula is C19H22BrFN2OS. The van der Waals surface area contributed by atoms with E-state index in [0.29, 0.717) is 16.0 Å². The normalized spacial score (nSPS) is 15.7. The molecule has 1 fully saturated rings. The van der Waals surface area contributed by atoms with E-state index in [1.54, 1.807) is 11.3 Å². The van der Waals surface area contributed by atoms with E-state index in [-0.39, 0.29) is 17.1 Å². The lowest BCUT2D eigenvalue weighted by atomic mass is 9.93. The Balaban J connectivity index is 2.07. The van der Waals surface area contributed by atoms with Crippen molar-refractivity contribution >= 4 is 33.2 Å². The summed E-state index contributed by atoms with van der Waals surface area (Å²) in [7, 11) is 0. The molecule has 0 N–H and O–H groups in total. The van der Waals surface area contributed by atoms with Gasteiger partial charge in [0.15, 0.2) is 4.80 Å². The van der Waals surface area contributed by atoms with Crippen molar-refractivity contribution in [1.29, 1.82) is 0 Å². The molecule has 2 aromatic rings. The number of nitrogens with zero attached hydrogens (tertiary/aromatic N) is 2. The summed E-state index contributed by atoms with van der Waals surface area (Å²) in [5.74, 6) is -0.0416. The first-order valence-electron chi connectivity index (χ1n) is 8.41. The van der Waals surface area contributed by atoms with Gasteiger partial charge in [-0.2, -0.15) is 4.99 Å². The van der Waals surface area contributed by atoms with Gasteiger partial charge in [-0.1, -0.05) is 20.8 Å². The minimum atomic E-state index is -0.380. The van der Waals surface area contributed by atoms with Crippen LogP contribution in [0.25, 0.3) is 0 Å². The molecule has 0 unspecified atom stereocenters. The summed E-state index contributed by atoms with van der Waals surface area (Å²) in [5.41, 5.74) is 1.57. The van der Waals surface area contributed by atoms with E-state index >= 15 is 0 Å². The number of rotatable bonds is 3. The standard InChI is InChI=1S/C19H22BrFN2OS/c1-11-16(19(2,3)4)25-18(23(11)10-12-5-6-12)22-17(24)14-8-7-13(21)9-15(14)20/h7-9,12H,5-6,10H2,1-4H3. The molecule has 1 aliphatic rings. The first kappa shape index (κ1) is 18.5. The molecule has 3 nitrogen and oxygen atoms in total. The quantitative estimate of drug-likeness (QED) is 0.665. The van der Waals surface area contributed by atoms with Crippen LogP contribution in [0.15, 0.2) is 27.7 Å². The fourth-order valence-corrected chi connectivity index (χ4v) is 4.57. The molecule has 0 bridgehead atoms. The largest absolute Gasteiger partial charge is 0.320 e. The Hall–Kier alpha value is -1.27. The number of carbonyl (C=O) groups is 1. The topological polar surface area (TPSA) is 34.4 Å². The summed E-state index contributed by atoms with van der Waals surface area (Å²) in [6.45, 7) is 9.55. The molecule has 6 heteroatoms. The number of halogens is 2. The molecule has 0 aliphatic heterocycles. The molecule has 1 saturated carbocycles. The van der Waals surface area contributed by atoms with E-state index in [1.807, 2.05) is 0 Å². The second-order valence-electron chi connectivity index (χ2n) is 7.64. The predicted molar refractivity (Wildman–Crippen MR) is 102 cm³/mol. The smallest absolute Gasteiger partial charge is 0.280 e. The van der Waals surface area contributed by atoms with Crippen LogP contribution < -0.4 is 4.80 Å². The Kier molecular flexibility index (Phi) is 5.04. The molecule has 0 saturated heterocycles. The molecule has 3 rings (SSSR count). The van der Waals surface area contributed by atoms with Gasteiger partial charge in [-0.25, -0.2) is 4.39 Å². The minimum absolute atomic E-state index is 0.00727. The summed E-state index contributed by atoms with van der Waals surface area (Å²) in [5, 5.41) is 0. The summed E-state index contributed by atoms with van der Waals surface area (Å²) >= 11 is 4.84. The third-order valence-electron chi connectivity index (χ3n) is 4.34. The number of hydrogen-bond acceptors (Lipinski definition) is 2. The second kappa shape index (κ2) is 6.80. The van der Waals surface area contributed by atoms with Gasteiger partial charge in [0.2, 0.25) is 0 Å². The van der Waals surface area contributed by atoms with Crippen LogP contribution in [-0.4, -0.2) is 10.5 Å². The Morgan fingerprint density at radius 3 is 2.64 bits per heavy atom. The maximum Gasteiger partial charge on any atom is 0.280 e. The van der Waals surface area contributed by atoms with Gasteiger partial charge < -0.3 is 4.57 Å². The van der Waals surface area contributed by atoms with Crippen LogP contribution in [0.2, 0.25) is 0 Å². The highest BCUT2D eigenvalue weighted by Crippen LogP contribution is 2.33. The zero-order valence-corrected chi connectivity index (χ0v) is 17.3. The van der Waals surface area contributed by atoms with E-state index < -0.39 is 0 Å². The third-order valence-corrected chi connectivity index (χ3v) is 6.60. The van der Waals surface area contributed by atoms with Crippen molar-refractivity contribution in [3.8, 4) is 0 Å². The average Bonchev–Trinajstić information content (AvgIpc) is 3.25. The van der Waals surface area contributed by atoms with Crippen molar-refractivity contribution in [2.24, 2.45) is 10.9 Å². The highest BCUT2D eigenvalue weighted by Gasteiger charge is 2.27. The molecule has 0 spiro atoms. The van der Waals surface area contributed by atoms with Crippen molar-refractivity contribution in [3.05, 3.63) is 49.4 Å². The van der Waals surface area contributed by atoms with E-state index in [2.05, 4.69) is 53.2 Å². The molecule has 134 valence electrons. The number of benzene rings is 1. The Labute approximate surface area is 159 Å². The van der Waals surface area contributed by atoms with Crippen LogP contribution in [0.3, 0.4) is 0 Å². The number of carbonyl (C=O) groups excluding carboxylic acids is 1. The van der Waals surface area contributed by atoms with Crippen molar-refractivity contribution in [1.82, 2.24) is 4.57 Å². The van der Waals surface area contributed by atoms with Crippen molar-refractivity contribution < 1.29 is 9.18 Å². The summed E-state index contributed by atoms with van der Waals surface area (Å²) in [6, 6.07) is 4.05. The Bertz CT molecular complexity index is 888. The van der Waals surface area contributed by atoms with Crippen LogP contribution >= 0.6 is 27.3 Å². The molecule has 1 aromatic carbocycles. The predicted octanol–water partition coefficient (Wildman–Crippen LogP) is 5.21. The van der Waals surface area contributed by atoms with Gasteiger partial charge in [0.05, 0.1) is 5.56 Å². The van der Waals surface area contributed by atoms with E-state index in [4.69, 9.17) is 0 Å². The molecule has 1 aliphatic carbocycles. The van der Waals surface area contributed by atoms with E-state index in [9.17, 15) is 9.18 Å². The van der Waals surface area contributed by atoms with Gasteiger partial charge in [0.25, 0.3) is 5.91 Å². The van der Waals surface area contributed by atoms with Gasteiger partial charge >= 0.3 is 0 Å². The number of thiazole rings is 1. The SMILES string of the molecule is Cc1c(C(C)(C)C)sc(=NC(=O)c2ccc(F)cc2Br)n1CC1CC1. The van der Waals surface area contributed by atoms with E-state index in [1.165, 1.54) is 41.6 Å². The highest BCUT2D eigenvalue weighted by molar-refractivity contribution is 9.10.